The zero-order valence-corrected chi connectivity index (χ0v) is 13.4. The van der Waals surface area contributed by atoms with Crippen LogP contribution in [0.15, 0.2) is 54.6 Å². The summed E-state index contributed by atoms with van der Waals surface area (Å²) >= 11 is 0. The Labute approximate surface area is 138 Å². The number of anilines is 1. The SMILES string of the molecule is O[C@H]1Cc2ccccc2C[C@@H]1N1CCN(c2ccccc2)CC1. The summed E-state index contributed by atoms with van der Waals surface area (Å²) in [6.45, 7) is 4.13. The van der Waals surface area contributed by atoms with E-state index in [1.165, 1.54) is 16.8 Å². The van der Waals surface area contributed by atoms with Gasteiger partial charge in [0.2, 0.25) is 0 Å². The maximum Gasteiger partial charge on any atom is 0.0739 e. The number of piperazine rings is 1. The number of aliphatic hydroxyl groups is 1. The second-order valence-electron chi connectivity index (χ2n) is 6.67. The first-order chi connectivity index (χ1) is 11.3. The largest absolute Gasteiger partial charge is 0.391 e. The van der Waals surface area contributed by atoms with E-state index in [0.717, 1.165) is 39.0 Å². The normalized spacial score (nSPS) is 25.2. The highest BCUT2D eigenvalue weighted by molar-refractivity contribution is 5.46. The van der Waals surface area contributed by atoms with E-state index >= 15 is 0 Å². The number of rotatable bonds is 2. The van der Waals surface area contributed by atoms with E-state index in [0.29, 0.717) is 0 Å². The Hall–Kier alpha value is -1.84. The van der Waals surface area contributed by atoms with Gasteiger partial charge in [-0.25, -0.2) is 0 Å². The molecule has 3 nitrogen and oxygen atoms in total. The number of benzene rings is 2. The smallest absolute Gasteiger partial charge is 0.0739 e. The lowest BCUT2D eigenvalue weighted by Gasteiger charge is -2.43. The second-order valence-corrected chi connectivity index (χ2v) is 6.67. The molecule has 0 amide bonds. The van der Waals surface area contributed by atoms with Crippen LogP contribution < -0.4 is 4.90 Å². The molecule has 0 unspecified atom stereocenters. The molecule has 2 aromatic rings. The van der Waals surface area contributed by atoms with Gasteiger partial charge in [-0.15, -0.1) is 0 Å². The van der Waals surface area contributed by atoms with E-state index in [1.807, 2.05) is 0 Å². The van der Waals surface area contributed by atoms with Crippen molar-refractivity contribution < 1.29 is 5.11 Å². The lowest BCUT2D eigenvalue weighted by molar-refractivity contribution is 0.0395. The molecule has 1 N–H and O–H groups in total. The van der Waals surface area contributed by atoms with Gasteiger partial charge in [0, 0.05) is 44.3 Å². The zero-order chi connectivity index (χ0) is 15.6. The van der Waals surface area contributed by atoms with Crippen LogP contribution in [0, 0.1) is 0 Å². The predicted octanol–water partition coefficient (Wildman–Crippen LogP) is 2.34. The van der Waals surface area contributed by atoms with E-state index in [1.54, 1.807) is 0 Å². The van der Waals surface area contributed by atoms with Crippen LogP contribution >= 0.6 is 0 Å². The first kappa shape index (κ1) is 14.7. The molecule has 3 heteroatoms. The van der Waals surface area contributed by atoms with Gasteiger partial charge in [-0.05, 0) is 29.7 Å². The lowest BCUT2D eigenvalue weighted by atomic mass is 9.85. The third kappa shape index (κ3) is 2.99. The van der Waals surface area contributed by atoms with E-state index in [9.17, 15) is 5.11 Å². The molecule has 1 aliphatic heterocycles. The molecule has 2 aliphatic rings. The molecule has 0 radical (unpaired) electrons. The van der Waals surface area contributed by atoms with Crippen molar-refractivity contribution in [1.29, 1.82) is 0 Å². The van der Waals surface area contributed by atoms with Gasteiger partial charge in [-0.1, -0.05) is 42.5 Å². The topological polar surface area (TPSA) is 26.7 Å². The molecule has 0 bridgehead atoms. The maximum atomic E-state index is 10.6. The van der Waals surface area contributed by atoms with Gasteiger partial charge in [0.05, 0.1) is 6.10 Å². The average Bonchev–Trinajstić information content (AvgIpc) is 2.62. The molecule has 0 aromatic heterocycles. The summed E-state index contributed by atoms with van der Waals surface area (Å²) in [7, 11) is 0. The van der Waals surface area contributed by atoms with Gasteiger partial charge in [0.25, 0.3) is 0 Å². The molecule has 1 heterocycles. The molecule has 2 aromatic carbocycles. The van der Waals surface area contributed by atoms with E-state index in [4.69, 9.17) is 0 Å². The second kappa shape index (κ2) is 6.34. The fraction of sp³-hybridized carbons (Fsp3) is 0.400. The molecular weight excluding hydrogens is 284 g/mol. The summed E-state index contributed by atoms with van der Waals surface area (Å²) in [6.07, 6.45) is 1.52. The number of hydrogen-bond acceptors (Lipinski definition) is 3. The number of aliphatic hydroxyl groups excluding tert-OH is 1. The summed E-state index contributed by atoms with van der Waals surface area (Å²) < 4.78 is 0. The summed E-state index contributed by atoms with van der Waals surface area (Å²) in [5.41, 5.74) is 4.04. The molecule has 4 rings (SSSR count). The summed E-state index contributed by atoms with van der Waals surface area (Å²) in [4.78, 5) is 4.93. The van der Waals surface area contributed by atoms with Crippen LogP contribution in [0.2, 0.25) is 0 Å². The van der Waals surface area contributed by atoms with Crippen molar-refractivity contribution in [3.05, 3.63) is 65.7 Å². The molecule has 0 spiro atoms. The van der Waals surface area contributed by atoms with Crippen molar-refractivity contribution in [1.82, 2.24) is 4.90 Å². The van der Waals surface area contributed by atoms with E-state index in [2.05, 4.69) is 64.4 Å². The Morgan fingerprint density at radius 3 is 2.04 bits per heavy atom. The van der Waals surface area contributed by atoms with Crippen molar-refractivity contribution in [3.8, 4) is 0 Å². The quantitative estimate of drug-likeness (QED) is 0.922. The van der Waals surface area contributed by atoms with Gasteiger partial charge < -0.3 is 10.0 Å². The summed E-state index contributed by atoms with van der Waals surface area (Å²) in [6, 6.07) is 19.5. The Kier molecular flexibility index (Phi) is 4.06. The summed E-state index contributed by atoms with van der Waals surface area (Å²) in [5, 5.41) is 10.6. The summed E-state index contributed by atoms with van der Waals surface area (Å²) in [5.74, 6) is 0. The number of nitrogens with zero attached hydrogens (tertiary/aromatic N) is 2. The van der Waals surface area contributed by atoms with Crippen molar-refractivity contribution in [2.24, 2.45) is 0 Å². The zero-order valence-electron chi connectivity index (χ0n) is 13.4. The highest BCUT2D eigenvalue weighted by Gasteiger charge is 2.33. The Balaban J connectivity index is 1.43. The Morgan fingerprint density at radius 2 is 1.35 bits per heavy atom. The highest BCUT2D eigenvalue weighted by Crippen LogP contribution is 2.26. The van der Waals surface area contributed by atoms with Crippen LogP contribution in [0.25, 0.3) is 0 Å². The van der Waals surface area contributed by atoms with Crippen LogP contribution in [0.3, 0.4) is 0 Å². The van der Waals surface area contributed by atoms with Crippen LogP contribution in [-0.2, 0) is 12.8 Å². The first-order valence-electron chi connectivity index (χ1n) is 8.60. The Morgan fingerprint density at radius 1 is 0.739 bits per heavy atom. The number of fused-ring (bicyclic) bond motifs is 1. The molecule has 0 saturated carbocycles. The van der Waals surface area contributed by atoms with Gasteiger partial charge in [0.1, 0.15) is 0 Å². The average molecular weight is 308 g/mol. The van der Waals surface area contributed by atoms with Crippen molar-refractivity contribution >= 4 is 5.69 Å². The van der Waals surface area contributed by atoms with Gasteiger partial charge in [-0.3, -0.25) is 4.90 Å². The molecule has 1 saturated heterocycles. The molecule has 1 aliphatic carbocycles. The van der Waals surface area contributed by atoms with Crippen molar-refractivity contribution in [2.75, 3.05) is 31.1 Å². The molecular formula is C20H24N2O. The van der Waals surface area contributed by atoms with Gasteiger partial charge >= 0.3 is 0 Å². The Bertz CT molecular complexity index is 650. The first-order valence-corrected chi connectivity index (χ1v) is 8.60. The molecule has 2 atom stereocenters. The van der Waals surface area contributed by atoms with E-state index < -0.39 is 0 Å². The van der Waals surface area contributed by atoms with Crippen molar-refractivity contribution in [2.45, 2.75) is 25.0 Å². The minimum atomic E-state index is -0.242. The highest BCUT2D eigenvalue weighted by atomic mass is 16.3. The molecule has 23 heavy (non-hydrogen) atoms. The molecule has 120 valence electrons. The lowest BCUT2D eigenvalue weighted by Crippen LogP contribution is -2.56. The third-order valence-electron chi connectivity index (χ3n) is 5.33. The van der Waals surface area contributed by atoms with E-state index in [-0.39, 0.29) is 12.1 Å². The minimum absolute atomic E-state index is 0.242. The fourth-order valence-electron chi connectivity index (χ4n) is 4.00. The van der Waals surface area contributed by atoms with Gasteiger partial charge in [-0.2, -0.15) is 0 Å². The van der Waals surface area contributed by atoms with Gasteiger partial charge in [0.15, 0.2) is 0 Å². The predicted molar refractivity (Wildman–Crippen MR) is 93.9 cm³/mol. The molecule has 1 fully saturated rings. The fourth-order valence-corrected chi connectivity index (χ4v) is 4.00. The third-order valence-corrected chi connectivity index (χ3v) is 5.33. The van der Waals surface area contributed by atoms with Crippen molar-refractivity contribution in [3.63, 3.8) is 0 Å². The van der Waals surface area contributed by atoms with Crippen LogP contribution in [0.5, 0.6) is 0 Å². The minimum Gasteiger partial charge on any atom is -0.391 e. The maximum absolute atomic E-state index is 10.6. The van der Waals surface area contributed by atoms with Crippen LogP contribution in [-0.4, -0.2) is 48.3 Å². The monoisotopic (exact) mass is 308 g/mol. The number of hydrogen-bond donors (Lipinski definition) is 1. The van der Waals surface area contributed by atoms with Crippen LogP contribution in [0.1, 0.15) is 11.1 Å². The standard InChI is InChI=1S/C20H24N2O/c23-20-15-17-7-5-4-6-16(17)14-19(20)22-12-10-21(11-13-22)18-8-2-1-3-9-18/h1-9,19-20,23H,10-15H2/t19-,20-/m0/s1. The number of para-hydroxylation sites is 1. The van der Waals surface area contributed by atoms with Crippen LogP contribution in [0.4, 0.5) is 5.69 Å².